The molecule has 1 aliphatic carbocycles. The van der Waals surface area contributed by atoms with Crippen LogP contribution >= 0.6 is 22.0 Å². The van der Waals surface area contributed by atoms with E-state index in [1.165, 1.54) is 0 Å². The maximum atomic E-state index is 10.9. The second-order valence-electron chi connectivity index (χ2n) is 3.00. The van der Waals surface area contributed by atoms with Gasteiger partial charge in [-0.2, -0.15) is 0 Å². The van der Waals surface area contributed by atoms with E-state index in [4.69, 9.17) is 0 Å². The van der Waals surface area contributed by atoms with Crippen molar-refractivity contribution in [3.63, 3.8) is 0 Å². The molecule has 0 saturated heterocycles. The van der Waals surface area contributed by atoms with Crippen molar-refractivity contribution in [3.8, 4) is 0 Å². The Morgan fingerprint density at radius 3 is 2.38 bits per heavy atom. The number of carbonyl (C=O) groups is 1. The first-order valence-electron chi connectivity index (χ1n) is 3.82. The molecule has 0 aromatic rings. The third-order valence-electron chi connectivity index (χ3n) is 1.08. The van der Waals surface area contributed by atoms with Crippen LogP contribution in [0.25, 0.3) is 0 Å². The number of rotatable bonds is 2. The third-order valence-corrected chi connectivity index (χ3v) is 2.67. The van der Waals surface area contributed by atoms with Crippen LogP contribution < -0.4 is 0 Å². The van der Waals surface area contributed by atoms with Crippen molar-refractivity contribution in [1.82, 2.24) is 0 Å². The summed E-state index contributed by atoms with van der Waals surface area (Å²) in [4.78, 5) is 10.9. The van der Waals surface area contributed by atoms with Crippen LogP contribution in [0.1, 0.15) is 6.42 Å². The van der Waals surface area contributed by atoms with Crippen LogP contribution in [0.2, 0.25) is 0 Å². The monoisotopic (exact) mass is 304 g/mol. The molecular weight excluding hydrogens is 291 g/mol. The van der Waals surface area contributed by atoms with Crippen molar-refractivity contribution in [2.45, 2.75) is 6.42 Å². The fourth-order valence-corrected chi connectivity index (χ4v) is 1.71. The van der Waals surface area contributed by atoms with E-state index in [1.54, 1.807) is 0 Å². The predicted octanol–water partition coefficient (Wildman–Crippen LogP) is 3.15. The summed E-state index contributed by atoms with van der Waals surface area (Å²) >= 11 is 3.55. The SMILES string of the molecule is CP(C)C.O=[C]([Fe][Br])C1=CC=CC1. The van der Waals surface area contributed by atoms with Gasteiger partial charge in [0.05, 0.1) is 0 Å². The predicted molar refractivity (Wildman–Crippen MR) is 60.5 cm³/mol. The van der Waals surface area contributed by atoms with Crippen molar-refractivity contribution < 1.29 is 17.9 Å². The summed E-state index contributed by atoms with van der Waals surface area (Å²) in [6, 6.07) is 0. The number of allylic oxidation sites excluding steroid dienone is 4. The van der Waals surface area contributed by atoms with Crippen molar-refractivity contribution in [3.05, 3.63) is 23.8 Å². The van der Waals surface area contributed by atoms with Gasteiger partial charge in [-0.3, -0.25) is 0 Å². The molecular formula is C9H14BrFeOP. The summed E-state index contributed by atoms with van der Waals surface area (Å²) in [5.41, 5.74) is 0.909. The molecule has 0 heterocycles. The first-order chi connectivity index (χ1) is 6.07. The molecule has 0 amide bonds. The van der Waals surface area contributed by atoms with Crippen molar-refractivity contribution in [2.75, 3.05) is 20.0 Å². The average Bonchev–Trinajstić information content (AvgIpc) is 2.54. The Kier molecular flexibility index (Phi) is 8.29. The Morgan fingerprint density at radius 1 is 1.54 bits per heavy atom. The molecule has 0 unspecified atom stereocenters. The number of hydrogen-bond donors (Lipinski definition) is 0. The quantitative estimate of drug-likeness (QED) is 0.566. The minimum atomic E-state index is 0.194. The maximum absolute atomic E-state index is 10.9. The van der Waals surface area contributed by atoms with Gasteiger partial charge in [0.1, 0.15) is 0 Å². The van der Waals surface area contributed by atoms with Gasteiger partial charge in [-0.05, 0) is 20.0 Å². The van der Waals surface area contributed by atoms with E-state index in [-0.39, 0.29) is 4.68 Å². The van der Waals surface area contributed by atoms with Gasteiger partial charge in [-0.25, -0.2) is 0 Å². The van der Waals surface area contributed by atoms with E-state index in [0.717, 1.165) is 12.0 Å². The molecule has 0 radical (unpaired) electrons. The summed E-state index contributed by atoms with van der Waals surface area (Å²) in [6.45, 7) is 6.69. The molecule has 1 nitrogen and oxygen atoms in total. The van der Waals surface area contributed by atoms with Crippen LogP contribution in [0.3, 0.4) is 0 Å². The van der Waals surface area contributed by atoms with Crippen molar-refractivity contribution in [1.29, 1.82) is 0 Å². The van der Waals surface area contributed by atoms with E-state index < -0.39 is 0 Å². The molecule has 0 spiro atoms. The fourth-order valence-electron chi connectivity index (χ4n) is 0.631. The third kappa shape index (κ3) is 7.64. The number of hydrogen-bond acceptors (Lipinski definition) is 1. The summed E-state index contributed by atoms with van der Waals surface area (Å²) in [7, 11) is 0.380. The molecule has 0 fully saturated rings. The van der Waals surface area contributed by atoms with Crippen molar-refractivity contribution in [2.24, 2.45) is 0 Å². The summed E-state index contributed by atoms with van der Waals surface area (Å²) < 4.78 is 0.194. The normalized spacial score (nSPS) is 14.1. The zero-order valence-corrected chi connectivity index (χ0v) is 11.6. The van der Waals surface area contributed by atoms with E-state index in [2.05, 4.69) is 34.1 Å². The Bertz CT molecular complexity index is 221. The zero-order valence-electron chi connectivity index (χ0n) is 8.03. The van der Waals surface area contributed by atoms with Gasteiger partial charge in [-0.15, -0.1) is 7.92 Å². The van der Waals surface area contributed by atoms with Crippen LogP contribution in [0.5, 0.6) is 0 Å². The first-order valence-corrected chi connectivity index (χ1v) is 9.79. The molecule has 0 saturated carbocycles. The minimum absolute atomic E-state index is 0.194. The fraction of sp³-hybridized carbons (Fsp3) is 0.444. The van der Waals surface area contributed by atoms with Crippen LogP contribution in [-0.4, -0.2) is 24.7 Å². The van der Waals surface area contributed by atoms with E-state index in [1.807, 2.05) is 18.2 Å². The second kappa shape index (κ2) is 7.94. The molecule has 0 atom stereocenters. The Labute approximate surface area is 94.7 Å². The zero-order chi connectivity index (χ0) is 10.3. The Hall–Kier alpha value is 0.579. The molecule has 4 heteroatoms. The van der Waals surface area contributed by atoms with E-state index in [9.17, 15) is 4.79 Å². The van der Waals surface area contributed by atoms with Crippen molar-refractivity contribution >= 4 is 26.7 Å². The molecule has 1 aliphatic rings. The van der Waals surface area contributed by atoms with Gasteiger partial charge in [0.25, 0.3) is 0 Å². The molecule has 0 aromatic carbocycles. The van der Waals surface area contributed by atoms with Crippen LogP contribution in [0, 0.1) is 0 Å². The molecule has 1 rings (SSSR count). The molecule has 13 heavy (non-hydrogen) atoms. The van der Waals surface area contributed by atoms with Gasteiger partial charge in [0, 0.05) is 0 Å². The van der Waals surface area contributed by atoms with Gasteiger partial charge in [0.15, 0.2) is 0 Å². The Balaban J connectivity index is 0.000000310. The van der Waals surface area contributed by atoms with E-state index >= 15 is 0 Å². The summed E-state index contributed by atoms with van der Waals surface area (Å²) in [5, 5.41) is 0. The molecule has 0 bridgehead atoms. The molecule has 0 N–H and O–H groups in total. The van der Waals surface area contributed by atoms with Gasteiger partial charge in [-0.1, -0.05) is 0 Å². The van der Waals surface area contributed by atoms with Gasteiger partial charge < -0.3 is 0 Å². The average molecular weight is 305 g/mol. The summed E-state index contributed by atoms with van der Waals surface area (Å²) in [6.07, 6.45) is 6.57. The van der Waals surface area contributed by atoms with E-state index in [0.29, 0.717) is 21.1 Å². The number of halogens is 1. The molecule has 0 aliphatic heterocycles. The second-order valence-corrected chi connectivity index (χ2v) is 7.54. The van der Waals surface area contributed by atoms with Crippen LogP contribution in [0.4, 0.5) is 0 Å². The Morgan fingerprint density at radius 2 is 2.08 bits per heavy atom. The molecule has 0 aromatic heterocycles. The first kappa shape index (κ1) is 13.6. The topological polar surface area (TPSA) is 17.1 Å². The van der Waals surface area contributed by atoms with Gasteiger partial charge >= 0.3 is 67.0 Å². The molecule has 76 valence electrons. The summed E-state index contributed by atoms with van der Waals surface area (Å²) in [5.74, 6) is 0. The van der Waals surface area contributed by atoms with Gasteiger partial charge in [0.2, 0.25) is 0 Å². The standard InChI is InChI=1S/C6H5O.C3H9P.BrH.Fe/c7-5-6-3-1-2-4-6;1-4(2)3;;/h1-3H,4H2;1-3H3;1H;/q;;;+1/p-1. The number of carbonyl (C=O) groups excluding carboxylic acids is 1. The van der Waals surface area contributed by atoms with Crippen LogP contribution in [-0.2, 0) is 17.9 Å². The van der Waals surface area contributed by atoms with Crippen LogP contribution in [0.15, 0.2) is 23.8 Å².